The Morgan fingerprint density at radius 2 is 1.86 bits per heavy atom. The van der Waals surface area contributed by atoms with Gasteiger partial charge in [-0.3, -0.25) is 0 Å². The van der Waals surface area contributed by atoms with E-state index in [2.05, 4.69) is 0 Å². The highest BCUT2D eigenvalue weighted by molar-refractivity contribution is 7.94. The molecule has 0 unspecified atom stereocenters. The van der Waals surface area contributed by atoms with Gasteiger partial charge in [-0.15, -0.1) is 0 Å². The van der Waals surface area contributed by atoms with Crippen molar-refractivity contribution in [2.45, 2.75) is 18.2 Å². The van der Waals surface area contributed by atoms with Crippen molar-refractivity contribution < 1.29 is 13.2 Å². The van der Waals surface area contributed by atoms with Gasteiger partial charge in [-0.25, -0.2) is 8.42 Å². The molecule has 0 aliphatic carbocycles. The average molecular weight is 335 g/mol. The summed E-state index contributed by atoms with van der Waals surface area (Å²) in [5, 5.41) is 1.86. The van der Waals surface area contributed by atoms with Crippen LogP contribution in [0.15, 0.2) is 52.8 Å². The topological polar surface area (TPSA) is 43.4 Å². The van der Waals surface area contributed by atoms with Gasteiger partial charge in [-0.1, -0.05) is 23.2 Å². The van der Waals surface area contributed by atoms with Crippen LogP contribution < -0.4 is 4.74 Å². The fraction of sp³-hybridized carbons (Fsp3) is 0.176. The van der Waals surface area contributed by atoms with Crippen LogP contribution in [0, 0.1) is 6.92 Å². The normalized spacial score (nSPS) is 16.2. The first-order valence-corrected chi connectivity index (χ1v) is 8.83. The first-order chi connectivity index (χ1) is 10.5. The molecule has 0 N–H and O–H groups in total. The van der Waals surface area contributed by atoms with Crippen molar-refractivity contribution in [1.29, 1.82) is 0 Å². The molecule has 0 atom stereocenters. The van der Waals surface area contributed by atoms with Crippen molar-refractivity contribution in [1.82, 2.24) is 0 Å². The summed E-state index contributed by atoms with van der Waals surface area (Å²) < 4.78 is 30.7. The SMILES string of the molecule is Cc1ccc2c(c1)/C(=C/S(=O)(=O)c1ccc(Cl)cc1)CCO2. The molecule has 114 valence electrons. The minimum Gasteiger partial charge on any atom is -0.493 e. The van der Waals surface area contributed by atoms with Crippen LogP contribution in [0.5, 0.6) is 5.75 Å². The third kappa shape index (κ3) is 3.03. The highest BCUT2D eigenvalue weighted by atomic mass is 35.5. The third-order valence-electron chi connectivity index (χ3n) is 3.55. The van der Waals surface area contributed by atoms with Crippen LogP contribution in [-0.2, 0) is 9.84 Å². The van der Waals surface area contributed by atoms with Crippen LogP contribution in [0.1, 0.15) is 17.5 Å². The third-order valence-corrected chi connectivity index (χ3v) is 5.33. The molecule has 1 heterocycles. The number of rotatable bonds is 2. The lowest BCUT2D eigenvalue weighted by Crippen LogP contribution is -2.09. The minimum absolute atomic E-state index is 0.241. The van der Waals surface area contributed by atoms with E-state index >= 15 is 0 Å². The molecule has 0 bridgehead atoms. The highest BCUT2D eigenvalue weighted by Crippen LogP contribution is 2.34. The summed E-state index contributed by atoms with van der Waals surface area (Å²) in [4.78, 5) is 0.241. The molecule has 3 rings (SSSR count). The summed E-state index contributed by atoms with van der Waals surface area (Å²) >= 11 is 5.81. The molecule has 0 spiro atoms. The van der Waals surface area contributed by atoms with E-state index in [1.165, 1.54) is 17.5 Å². The summed E-state index contributed by atoms with van der Waals surface area (Å²) in [6.45, 7) is 2.46. The Balaban J connectivity index is 2.06. The molecule has 0 radical (unpaired) electrons. The smallest absolute Gasteiger partial charge is 0.200 e. The maximum absolute atomic E-state index is 12.5. The number of ether oxygens (including phenoxy) is 1. The Morgan fingerprint density at radius 3 is 2.59 bits per heavy atom. The Morgan fingerprint density at radius 1 is 1.14 bits per heavy atom. The number of benzene rings is 2. The van der Waals surface area contributed by atoms with Crippen LogP contribution in [0.3, 0.4) is 0 Å². The van der Waals surface area contributed by atoms with Crippen molar-refractivity contribution in [2.75, 3.05) is 6.61 Å². The van der Waals surface area contributed by atoms with Crippen LogP contribution >= 0.6 is 11.6 Å². The lowest BCUT2D eigenvalue weighted by molar-refractivity contribution is 0.316. The van der Waals surface area contributed by atoms with Gasteiger partial charge >= 0.3 is 0 Å². The van der Waals surface area contributed by atoms with Crippen molar-refractivity contribution in [2.24, 2.45) is 0 Å². The van der Waals surface area contributed by atoms with Gasteiger partial charge in [0.2, 0.25) is 0 Å². The molecule has 22 heavy (non-hydrogen) atoms. The van der Waals surface area contributed by atoms with E-state index in [-0.39, 0.29) is 4.90 Å². The lowest BCUT2D eigenvalue weighted by Gasteiger charge is -2.20. The quantitative estimate of drug-likeness (QED) is 0.824. The Kier molecular flexibility index (Phi) is 3.98. The second-order valence-electron chi connectivity index (χ2n) is 5.24. The zero-order valence-corrected chi connectivity index (χ0v) is 13.6. The molecular weight excluding hydrogens is 320 g/mol. The monoisotopic (exact) mass is 334 g/mol. The number of aryl methyl sites for hydroxylation is 1. The standard InChI is InChI=1S/C17H15ClO3S/c1-12-2-7-17-16(10-12)13(8-9-21-17)11-22(19,20)15-5-3-14(18)4-6-15/h2-7,10-11H,8-9H2,1H3/b13-11+. The van der Waals surface area contributed by atoms with E-state index in [1.54, 1.807) is 12.1 Å². The summed E-state index contributed by atoms with van der Waals surface area (Å²) in [7, 11) is -3.51. The molecule has 0 saturated heterocycles. The van der Waals surface area contributed by atoms with Crippen molar-refractivity contribution in [3.63, 3.8) is 0 Å². The highest BCUT2D eigenvalue weighted by Gasteiger charge is 2.19. The molecular formula is C17H15ClO3S. The number of fused-ring (bicyclic) bond motifs is 1. The van der Waals surface area contributed by atoms with Crippen LogP contribution in [0.25, 0.3) is 5.57 Å². The fourth-order valence-electron chi connectivity index (χ4n) is 2.43. The number of hydrogen-bond acceptors (Lipinski definition) is 3. The molecule has 2 aromatic carbocycles. The molecule has 3 nitrogen and oxygen atoms in total. The van der Waals surface area contributed by atoms with Gasteiger partial charge in [0.1, 0.15) is 5.75 Å². The molecule has 0 saturated carbocycles. The van der Waals surface area contributed by atoms with Crippen molar-refractivity contribution >= 4 is 27.0 Å². The second-order valence-corrected chi connectivity index (χ2v) is 7.47. The lowest BCUT2D eigenvalue weighted by atomic mass is 9.99. The zero-order valence-electron chi connectivity index (χ0n) is 12.0. The van der Waals surface area contributed by atoms with Gasteiger partial charge in [0.15, 0.2) is 9.84 Å². The van der Waals surface area contributed by atoms with Crippen molar-refractivity contribution in [3.05, 3.63) is 64.0 Å². The molecule has 5 heteroatoms. The maximum Gasteiger partial charge on any atom is 0.200 e. The Bertz CT molecular complexity index is 837. The molecule has 1 aliphatic rings. The van der Waals surface area contributed by atoms with Gasteiger partial charge in [0.25, 0.3) is 0 Å². The fourth-order valence-corrected chi connectivity index (χ4v) is 3.83. The van der Waals surface area contributed by atoms with E-state index < -0.39 is 9.84 Å². The average Bonchev–Trinajstić information content (AvgIpc) is 2.48. The van der Waals surface area contributed by atoms with E-state index in [4.69, 9.17) is 16.3 Å². The van der Waals surface area contributed by atoms with E-state index in [0.717, 1.165) is 22.4 Å². The Hall–Kier alpha value is -1.78. The predicted molar refractivity (Wildman–Crippen MR) is 87.9 cm³/mol. The molecule has 0 amide bonds. The second kappa shape index (κ2) is 5.78. The summed E-state index contributed by atoms with van der Waals surface area (Å²) in [6, 6.07) is 12.0. The van der Waals surface area contributed by atoms with Crippen LogP contribution in [0.2, 0.25) is 5.02 Å². The first-order valence-electron chi connectivity index (χ1n) is 6.91. The van der Waals surface area contributed by atoms with E-state index in [0.29, 0.717) is 18.1 Å². The molecule has 2 aromatic rings. The number of halogens is 1. The number of sulfone groups is 1. The molecule has 0 fully saturated rings. The van der Waals surface area contributed by atoms with E-state index in [9.17, 15) is 8.42 Å². The van der Waals surface area contributed by atoms with Crippen LogP contribution in [-0.4, -0.2) is 15.0 Å². The van der Waals surface area contributed by atoms with Gasteiger partial charge in [0, 0.05) is 22.4 Å². The van der Waals surface area contributed by atoms with Gasteiger partial charge in [-0.2, -0.15) is 0 Å². The van der Waals surface area contributed by atoms with E-state index in [1.807, 2.05) is 25.1 Å². The molecule has 0 aromatic heterocycles. The summed E-state index contributed by atoms with van der Waals surface area (Å²) in [6.07, 6.45) is 0.573. The zero-order chi connectivity index (χ0) is 15.7. The first kappa shape index (κ1) is 15.1. The summed E-state index contributed by atoms with van der Waals surface area (Å²) in [5.74, 6) is 0.731. The van der Waals surface area contributed by atoms with Gasteiger partial charge in [0.05, 0.1) is 11.5 Å². The summed E-state index contributed by atoms with van der Waals surface area (Å²) in [5.41, 5.74) is 2.70. The van der Waals surface area contributed by atoms with Gasteiger partial charge in [-0.05, 0) is 48.9 Å². The Labute approximate surface area is 135 Å². The molecule has 1 aliphatic heterocycles. The maximum atomic E-state index is 12.5. The largest absolute Gasteiger partial charge is 0.493 e. The van der Waals surface area contributed by atoms with Crippen LogP contribution in [0.4, 0.5) is 0 Å². The number of hydrogen-bond donors (Lipinski definition) is 0. The van der Waals surface area contributed by atoms with Gasteiger partial charge < -0.3 is 4.74 Å². The minimum atomic E-state index is -3.51. The van der Waals surface area contributed by atoms with Crippen molar-refractivity contribution in [3.8, 4) is 5.75 Å². The predicted octanol–water partition coefficient (Wildman–Crippen LogP) is 4.25.